The zero-order valence-corrected chi connectivity index (χ0v) is 30.1. The van der Waals surface area contributed by atoms with Crippen molar-refractivity contribution in [1.82, 2.24) is 31.0 Å². The van der Waals surface area contributed by atoms with Crippen molar-refractivity contribution in [2.75, 3.05) is 6.61 Å². The lowest BCUT2D eigenvalue weighted by Crippen LogP contribution is -2.60. The number of aryl methyl sites for hydroxylation is 1. The van der Waals surface area contributed by atoms with E-state index in [4.69, 9.17) is 4.74 Å². The quantitative estimate of drug-likeness (QED) is 0.0958. The van der Waals surface area contributed by atoms with Gasteiger partial charge >= 0.3 is 6.09 Å². The number of aliphatic hydroxyl groups excluding tert-OH is 2. The predicted octanol–water partition coefficient (Wildman–Crippen LogP) is 3.82. The molecule has 0 radical (unpaired) electrons. The summed E-state index contributed by atoms with van der Waals surface area (Å²) in [5.41, 5.74) is 4.84. The molecule has 6 N–H and O–H groups in total. The van der Waals surface area contributed by atoms with E-state index in [2.05, 4.69) is 26.0 Å². The molecule has 0 saturated carbocycles. The van der Waals surface area contributed by atoms with Gasteiger partial charge in [0, 0.05) is 24.7 Å². The van der Waals surface area contributed by atoms with Crippen LogP contribution in [0.15, 0.2) is 73.2 Å². The van der Waals surface area contributed by atoms with E-state index in [9.17, 15) is 29.4 Å². The van der Waals surface area contributed by atoms with E-state index in [1.165, 1.54) is 12.5 Å². The summed E-state index contributed by atoms with van der Waals surface area (Å²) in [7, 11) is 0. The van der Waals surface area contributed by atoms with E-state index in [1.807, 2.05) is 76.2 Å². The van der Waals surface area contributed by atoms with Crippen LogP contribution in [-0.4, -0.2) is 79.8 Å². The summed E-state index contributed by atoms with van der Waals surface area (Å²) >= 11 is 0. The van der Waals surface area contributed by atoms with Gasteiger partial charge in [-0.15, -0.1) is 0 Å². The number of imidazole rings is 1. The number of rotatable bonds is 20. The van der Waals surface area contributed by atoms with Gasteiger partial charge in [0.15, 0.2) is 0 Å². The molecule has 3 rings (SSSR count). The van der Waals surface area contributed by atoms with Crippen LogP contribution in [0, 0.1) is 11.8 Å². The number of hydrazine groups is 1. The molecule has 4 amide bonds. The first-order chi connectivity index (χ1) is 24.5. The van der Waals surface area contributed by atoms with Crippen molar-refractivity contribution < 1.29 is 34.1 Å². The Morgan fingerprint density at radius 3 is 2.20 bits per heavy atom. The number of aliphatic hydroxyl groups is 2. The zero-order valence-electron chi connectivity index (χ0n) is 30.1. The van der Waals surface area contributed by atoms with Gasteiger partial charge in [-0.05, 0) is 42.2 Å². The molecule has 13 heteroatoms. The summed E-state index contributed by atoms with van der Waals surface area (Å²) < 4.78 is 5.43. The van der Waals surface area contributed by atoms with Gasteiger partial charge in [0.25, 0.3) is 0 Å². The van der Waals surface area contributed by atoms with Crippen LogP contribution in [-0.2, 0) is 38.6 Å². The van der Waals surface area contributed by atoms with Crippen LogP contribution in [0.4, 0.5) is 4.79 Å². The van der Waals surface area contributed by atoms with Gasteiger partial charge in [0.1, 0.15) is 12.6 Å². The molecule has 0 aliphatic carbocycles. The number of ether oxygens (including phenoxy) is 1. The van der Waals surface area contributed by atoms with Crippen LogP contribution < -0.4 is 16.1 Å². The monoisotopic (exact) mass is 706 g/mol. The van der Waals surface area contributed by atoms with Gasteiger partial charge in [0.05, 0.1) is 37.5 Å². The summed E-state index contributed by atoms with van der Waals surface area (Å²) in [5, 5.41) is 27.7. The number of carbonyl (C=O) groups excluding carboxylic acids is 4. The SMILES string of the molecule is CC[C@H](C)[C@@H](CO)NC(=O)C[C@H](O)[C@H](CC(C)C)NC(=O)[C@H](Cc1cnc[nH]1)N(NC(=O)OCc1ccccc1)C(=O)CCCc1ccccc1. The highest BCUT2D eigenvalue weighted by Crippen LogP contribution is 2.16. The first-order valence-electron chi connectivity index (χ1n) is 17.7. The van der Waals surface area contributed by atoms with Crippen LogP contribution in [0.5, 0.6) is 0 Å². The molecule has 0 aliphatic rings. The topological polar surface area (TPSA) is 186 Å². The van der Waals surface area contributed by atoms with Crippen LogP contribution >= 0.6 is 0 Å². The number of nitrogens with one attached hydrogen (secondary N) is 4. The summed E-state index contributed by atoms with van der Waals surface area (Å²) in [6.45, 7) is 7.42. The predicted molar refractivity (Wildman–Crippen MR) is 193 cm³/mol. The molecule has 278 valence electrons. The number of aromatic nitrogens is 2. The van der Waals surface area contributed by atoms with E-state index in [1.54, 1.807) is 12.1 Å². The first-order valence-corrected chi connectivity index (χ1v) is 17.7. The smallest absolute Gasteiger partial charge is 0.426 e. The third-order valence-corrected chi connectivity index (χ3v) is 8.76. The van der Waals surface area contributed by atoms with E-state index in [0.29, 0.717) is 25.0 Å². The maximum Gasteiger partial charge on any atom is 0.426 e. The van der Waals surface area contributed by atoms with E-state index in [-0.39, 0.29) is 44.3 Å². The maximum atomic E-state index is 14.2. The average molecular weight is 707 g/mol. The second-order valence-corrected chi connectivity index (χ2v) is 13.3. The van der Waals surface area contributed by atoms with E-state index < -0.39 is 48.0 Å². The number of benzene rings is 2. The number of aromatic amines is 1. The number of nitrogens with zero attached hydrogens (tertiary/aromatic N) is 2. The molecule has 1 aromatic heterocycles. The van der Waals surface area contributed by atoms with Gasteiger partial charge in [-0.2, -0.15) is 0 Å². The fraction of sp³-hybridized carbons (Fsp3) is 0.500. The first kappa shape index (κ1) is 40.7. The highest BCUT2D eigenvalue weighted by molar-refractivity contribution is 5.89. The number of hydrogen-bond acceptors (Lipinski definition) is 8. The number of carbonyl (C=O) groups is 4. The number of hydrogen-bond donors (Lipinski definition) is 6. The Morgan fingerprint density at radius 1 is 0.941 bits per heavy atom. The lowest BCUT2D eigenvalue weighted by atomic mass is 9.95. The minimum Gasteiger partial charge on any atom is -0.443 e. The van der Waals surface area contributed by atoms with Gasteiger partial charge in [-0.25, -0.2) is 20.2 Å². The molecule has 3 aromatic rings. The minimum absolute atomic E-state index is 0.0149. The van der Waals surface area contributed by atoms with Gasteiger partial charge in [0.2, 0.25) is 17.7 Å². The van der Waals surface area contributed by atoms with Crippen LogP contribution in [0.25, 0.3) is 0 Å². The molecule has 51 heavy (non-hydrogen) atoms. The maximum absolute atomic E-state index is 14.2. The highest BCUT2D eigenvalue weighted by atomic mass is 16.6. The summed E-state index contributed by atoms with van der Waals surface area (Å²) in [4.78, 5) is 61.2. The van der Waals surface area contributed by atoms with Crippen molar-refractivity contribution >= 4 is 23.8 Å². The molecule has 0 bridgehead atoms. The third-order valence-electron chi connectivity index (χ3n) is 8.76. The van der Waals surface area contributed by atoms with Crippen molar-refractivity contribution in [3.63, 3.8) is 0 Å². The third kappa shape index (κ3) is 14.2. The average Bonchev–Trinajstić information content (AvgIpc) is 3.64. The standard InChI is InChI=1S/C38H54N6O7/c1-5-27(4)32(23-45)41-35(47)21-34(46)31(19-26(2)3)42-37(49)33(20-30-22-39-25-40-30)44(36(48)18-12-17-28-13-8-6-9-14-28)43-38(50)51-24-29-15-10-7-11-16-29/h6-11,13-16,22,25-27,31-34,45-46H,5,12,17-21,23-24H2,1-4H3,(H,39,40)(H,41,47)(H,42,49)(H,43,50)/t27-,31-,32+,33-,34-/m0/s1. The lowest BCUT2D eigenvalue weighted by molar-refractivity contribution is -0.144. The lowest BCUT2D eigenvalue weighted by Gasteiger charge is -2.33. The fourth-order valence-electron chi connectivity index (χ4n) is 5.63. The van der Waals surface area contributed by atoms with Crippen LogP contribution in [0.3, 0.4) is 0 Å². The van der Waals surface area contributed by atoms with Crippen molar-refractivity contribution in [3.05, 3.63) is 90.0 Å². The Hall–Kier alpha value is -4.75. The molecule has 0 fully saturated rings. The summed E-state index contributed by atoms with van der Waals surface area (Å²) in [6.07, 6.45) is 2.54. The molecule has 0 unspecified atom stereocenters. The highest BCUT2D eigenvalue weighted by Gasteiger charge is 2.35. The van der Waals surface area contributed by atoms with Crippen LogP contribution in [0.2, 0.25) is 0 Å². The second kappa shape index (κ2) is 21.5. The van der Waals surface area contributed by atoms with E-state index >= 15 is 0 Å². The molecule has 1 heterocycles. The molecule has 2 aromatic carbocycles. The Kier molecular flexibility index (Phi) is 17.1. The molecule has 5 atom stereocenters. The molecule has 0 spiro atoms. The summed E-state index contributed by atoms with van der Waals surface area (Å²) in [5.74, 6) is -1.58. The Morgan fingerprint density at radius 2 is 1.61 bits per heavy atom. The number of H-pyrrole nitrogens is 1. The van der Waals surface area contributed by atoms with E-state index in [0.717, 1.165) is 22.6 Å². The van der Waals surface area contributed by atoms with Gasteiger partial charge in [-0.1, -0.05) is 94.8 Å². The Bertz CT molecular complexity index is 1470. The van der Waals surface area contributed by atoms with Crippen molar-refractivity contribution in [2.24, 2.45) is 11.8 Å². The minimum atomic E-state index is -1.28. The second-order valence-electron chi connectivity index (χ2n) is 13.3. The number of amides is 4. The van der Waals surface area contributed by atoms with Crippen molar-refractivity contribution in [1.29, 1.82) is 0 Å². The molecular formula is C38H54N6O7. The van der Waals surface area contributed by atoms with Gasteiger partial charge in [-0.3, -0.25) is 14.4 Å². The molecule has 13 nitrogen and oxygen atoms in total. The van der Waals surface area contributed by atoms with Crippen molar-refractivity contribution in [2.45, 2.75) is 103 Å². The molecule has 0 saturated heterocycles. The fourth-order valence-corrected chi connectivity index (χ4v) is 5.63. The van der Waals surface area contributed by atoms with Crippen LogP contribution in [0.1, 0.15) is 76.6 Å². The van der Waals surface area contributed by atoms with Crippen molar-refractivity contribution in [3.8, 4) is 0 Å². The molecular weight excluding hydrogens is 652 g/mol. The Labute approximate surface area is 300 Å². The van der Waals surface area contributed by atoms with Gasteiger partial charge < -0.3 is 30.6 Å². The summed E-state index contributed by atoms with van der Waals surface area (Å²) in [6, 6.07) is 16.1. The zero-order chi connectivity index (χ0) is 37.2. The molecule has 0 aliphatic heterocycles. The largest absolute Gasteiger partial charge is 0.443 e. The normalized spacial score (nSPS) is 14.1. The Balaban J connectivity index is 1.85.